The third-order valence-corrected chi connectivity index (χ3v) is 3.58. The van der Waals surface area contributed by atoms with Gasteiger partial charge in [0.1, 0.15) is 5.69 Å². The normalized spacial score (nSPS) is 16.0. The predicted molar refractivity (Wildman–Crippen MR) is 74.8 cm³/mol. The van der Waals surface area contributed by atoms with E-state index in [4.69, 9.17) is 5.11 Å². The highest BCUT2D eigenvalue weighted by Gasteiger charge is 2.25. The minimum absolute atomic E-state index is 0.132. The van der Waals surface area contributed by atoms with Crippen molar-refractivity contribution < 1.29 is 14.7 Å². The highest BCUT2D eigenvalue weighted by molar-refractivity contribution is 5.92. The molecule has 0 radical (unpaired) electrons. The number of carboxylic acid groups (broad SMARTS) is 1. The van der Waals surface area contributed by atoms with Crippen LogP contribution in [0, 0.1) is 5.92 Å². The second-order valence-electron chi connectivity index (χ2n) is 5.20. The summed E-state index contributed by atoms with van der Waals surface area (Å²) in [7, 11) is 3.38. The molecule has 1 aromatic rings. The maximum Gasteiger partial charge on any atom is 0.306 e. The largest absolute Gasteiger partial charge is 0.481 e. The van der Waals surface area contributed by atoms with Crippen LogP contribution in [0.25, 0.3) is 0 Å². The van der Waals surface area contributed by atoms with Crippen LogP contribution in [0.2, 0.25) is 0 Å². The number of hydrogen-bond donors (Lipinski definition) is 1. The molecule has 108 valence electrons. The molecule has 0 unspecified atom stereocenters. The topological polar surface area (TPSA) is 73.7 Å². The Kier molecular flexibility index (Phi) is 4.22. The predicted octanol–water partition coefficient (Wildman–Crippen LogP) is 1.08. The van der Waals surface area contributed by atoms with E-state index < -0.39 is 5.97 Å². The second kappa shape index (κ2) is 5.90. The molecule has 1 aliphatic heterocycles. The average Bonchev–Trinajstić information content (AvgIpc) is 2.46. The van der Waals surface area contributed by atoms with Crippen LogP contribution in [0.1, 0.15) is 23.3 Å². The SMILES string of the molecule is CN(C)C(=O)c1cc(N2CCC(C(=O)O)CC2)ccn1. The first-order chi connectivity index (χ1) is 9.49. The number of amides is 1. The maximum atomic E-state index is 11.9. The Morgan fingerprint density at radius 2 is 2.00 bits per heavy atom. The molecule has 1 fully saturated rings. The quantitative estimate of drug-likeness (QED) is 0.895. The van der Waals surface area contributed by atoms with Gasteiger partial charge in [-0.3, -0.25) is 14.6 Å². The van der Waals surface area contributed by atoms with Gasteiger partial charge in [-0.2, -0.15) is 0 Å². The van der Waals surface area contributed by atoms with E-state index in [1.165, 1.54) is 4.90 Å². The Hall–Kier alpha value is -2.11. The first kappa shape index (κ1) is 14.3. The molecule has 1 aromatic heterocycles. The Balaban J connectivity index is 2.09. The number of aromatic nitrogens is 1. The Morgan fingerprint density at radius 3 is 2.55 bits per heavy atom. The van der Waals surface area contributed by atoms with Crippen LogP contribution in [0.4, 0.5) is 5.69 Å². The van der Waals surface area contributed by atoms with Crippen LogP contribution in [-0.2, 0) is 4.79 Å². The van der Waals surface area contributed by atoms with Crippen molar-refractivity contribution in [2.24, 2.45) is 5.92 Å². The summed E-state index contributed by atoms with van der Waals surface area (Å²) in [6, 6.07) is 3.62. The molecular weight excluding hydrogens is 258 g/mol. The smallest absolute Gasteiger partial charge is 0.306 e. The zero-order valence-corrected chi connectivity index (χ0v) is 11.7. The Labute approximate surface area is 118 Å². The summed E-state index contributed by atoms with van der Waals surface area (Å²) in [5.41, 5.74) is 1.34. The highest BCUT2D eigenvalue weighted by Crippen LogP contribution is 2.23. The van der Waals surface area contributed by atoms with Crippen LogP contribution in [0.15, 0.2) is 18.3 Å². The van der Waals surface area contributed by atoms with Gasteiger partial charge < -0.3 is 14.9 Å². The lowest BCUT2D eigenvalue weighted by molar-refractivity contribution is -0.142. The van der Waals surface area contributed by atoms with Crippen molar-refractivity contribution in [3.05, 3.63) is 24.0 Å². The summed E-state index contributed by atoms with van der Waals surface area (Å²) in [4.78, 5) is 30.5. The summed E-state index contributed by atoms with van der Waals surface area (Å²) in [5.74, 6) is -1.11. The molecule has 2 rings (SSSR count). The molecular formula is C14H19N3O3. The third-order valence-electron chi connectivity index (χ3n) is 3.58. The molecule has 0 saturated carbocycles. The van der Waals surface area contributed by atoms with Gasteiger partial charge in [-0.1, -0.05) is 0 Å². The number of pyridine rings is 1. The van der Waals surface area contributed by atoms with Crippen molar-refractivity contribution in [2.75, 3.05) is 32.1 Å². The van der Waals surface area contributed by atoms with E-state index in [0.29, 0.717) is 31.6 Å². The number of carboxylic acids is 1. The number of piperidine rings is 1. The average molecular weight is 277 g/mol. The van der Waals surface area contributed by atoms with Gasteiger partial charge in [0.25, 0.3) is 5.91 Å². The van der Waals surface area contributed by atoms with E-state index in [1.807, 2.05) is 6.07 Å². The van der Waals surface area contributed by atoms with Crippen molar-refractivity contribution in [3.63, 3.8) is 0 Å². The fourth-order valence-corrected chi connectivity index (χ4v) is 2.35. The van der Waals surface area contributed by atoms with Crippen molar-refractivity contribution in [2.45, 2.75) is 12.8 Å². The summed E-state index contributed by atoms with van der Waals surface area (Å²) < 4.78 is 0. The monoisotopic (exact) mass is 277 g/mol. The number of carbonyl (C=O) groups is 2. The molecule has 1 N–H and O–H groups in total. The number of nitrogens with zero attached hydrogens (tertiary/aromatic N) is 3. The van der Waals surface area contributed by atoms with Crippen LogP contribution in [-0.4, -0.2) is 54.1 Å². The molecule has 6 heteroatoms. The summed E-state index contributed by atoms with van der Waals surface area (Å²) in [6.45, 7) is 1.38. The number of anilines is 1. The molecule has 0 atom stereocenters. The van der Waals surface area contributed by atoms with E-state index in [-0.39, 0.29) is 11.8 Å². The molecule has 0 aliphatic carbocycles. The fraction of sp³-hybridized carbons (Fsp3) is 0.500. The van der Waals surface area contributed by atoms with Gasteiger partial charge in [0, 0.05) is 39.1 Å². The third kappa shape index (κ3) is 3.07. The van der Waals surface area contributed by atoms with Crippen LogP contribution >= 0.6 is 0 Å². The second-order valence-corrected chi connectivity index (χ2v) is 5.20. The minimum atomic E-state index is -0.720. The number of aliphatic carboxylic acids is 1. The van der Waals surface area contributed by atoms with E-state index in [9.17, 15) is 9.59 Å². The number of carbonyl (C=O) groups excluding carboxylic acids is 1. The van der Waals surface area contributed by atoms with Crippen molar-refractivity contribution in [3.8, 4) is 0 Å². The van der Waals surface area contributed by atoms with Crippen LogP contribution in [0.3, 0.4) is 0 Å². The minimum Gasteiger partial charge on any atom is -0.481 e. The first-order valence-corrected chi connectivity index (χ1v) is 6.64. The van der Waals surface area contributed by atoms with E-state index in [1.54, 1.807) is 26.4 Å². The number of rotatable bonds is 3. The van der Waals surface area contributed by atoms with Crippen LogP contribution < -0.4 is 4.90 Å². The first-order valence-electron chi connectivity index (χ1n) is 6.64. The zero-order valence-electron chi connectivity index (χ0n) is 11.7. The Bertz CT molecular complexity index is 508. The van der Waals surface area contributed by atoms with Crippen molar-refractivity contribution >= 4 is 17.6 Å². The van der Waals surface area contributed by atoms with Crippen molar-refractivity contribution in [1.29, 1.82) is 0 Å². The lowest BCUT2D eigenvalue weighted by atomic mass is 9.97. The maximum absolute atomic E-state index is 11.9. The van der Waals surface area contributed by atoms with Crippen molar-refractivity contribution in [1.82, 2.24) is 9.88 Å². The van der Waals surface area contributed by atoms with Gasteiger partial charge in [-0.05, 0) is 25.0 Å². The number of hydrogen-bond acceptors (Lipinski definition) is 4. The highest BCUT2D eigenvalue weighted by atomic mass is 16.4. The van der Waals surface area contributed by atoms with E-state index >= 15 is 0 Å². The Morgan fingerprint density at radius 1 is 1.35 bits per heavy atom. The summed E-state index contributed by atoms with van der Waals surface area (Å²) in [6.07, 6.45) is 2.89. The molecule has 1 amide bonds. The standard InChI is InChI=1S/C14H19N3O3/c1-16(2)13(18)12-9-11(3-6-15-12)17-7-4-10(5-8-17)14(19)20/h3,6,9-10H,4-5,7-8H2,1-2H3,(H,19,20). The van der Waals surface area contributed by atoms with Gasteiger partial charge in [-0.15, -0.1) is 0 Å². The molecule has 2 heterocycles. The molecule has 1 aliphatic rings. The van der Waals surface area contributed by atoms with Crippen LogP contribution in [0.5, 0.6) is 0 Å². The molecule has 6 nitrogen and oxygen atoms in total. The molecule has 0 bridgehead atoms. The van der Waals surface area contributed by atoms with E-state index in [0.717, 1.165) is 5.69 Å². The lowest BCUT2D eigenvalue weighted by Crippen LogP contribution is -2.36. The van der Waals surface area contributed by atoms with Gasteiger partial charge >= 0.3 is 5.97 Å². The molecule has 1 saturated heterocycles. The lowest BCUT2D eigenvalue weighted by Gasteiger charge is -2.32. The fourth-order valence-electron chi connectivity index (χ4n) is 2.35. The van der Waals surface area contributed by atoms with Gasteiger partial charge in [-0.25, -0.2) is 0 Å². The van der Waals surface area contributed by atoms with Gasteiger partial charge in [0.2, 0.25) is 0 Å². The molecule has 0 spiro atoms. The van der Waals surface area contributed by atoms with Gasteiger partial charge in [0.15, 0.2) is 0 Å². The summed E-state index contributed by atoms with van der Waals surface area (Å²) in [5, 5.41) is 8.99. The van der Waals surface area contributed by atoms with Gasteiger partial charge in [0.05, 0.1) is 5.92 Å². The zero-order chi connectivity index (χ0) is 14.7. The molecule has 20 heavy (non-hydrogen) atoms. The summed E-state index contributed by atoms with van der Waals surface area (Å²) >= 11 is 0. The van der Waals surface area contributed by atoms with E-state index in [2.05, 4.69) is 9.88 Å². The molecule has 0 aromatic carbocycles.